The summed E-state index contributed by atoms with van der Waals surface area (Å²) < 4.78 is 23.4. The quantitative estimate of drug-likeness (QED) is 0.0549. The summed E-state index contributed by atoms with van der Waals surface area (Å²) in [5.41, 5.74) is 4.50. The first-order chi connectivity index (χ1) is 42.1. The van der Waals surface area contributed by atoms with Crippen LogP contribution in [-0.2, 0) is 16.1 Å². The lowest BCUT2D eigenvalue weighted by molar-refractivity contribution is 0.0126. The van der Waals surface area contributed by atoms with Crippen LogP contribution in [-0.4, -0.2) is 96.7 Å². The number of halogens is 2. The molecule has 4 saturated carbocycles. The van der Waals surface area contributed by atoms with Crippen molar-refractivity contribution in [1.29, 1.82) is 0 Å². The van der Waals surface area contributed by atoms with E-state index in [-0.39, 0.29) is 5.82 Å². The van der Waals surface area contributed by atoms with Crippen molar-refractivity contribution in [3.05, 3.63) is 126 Å². The van der Waals surface area contributed by atoms with Gasteiger partial charge in [-0.1, -0.05) is 180 Å². The molecule has 4 fully saturated rings. The molecule has 512 valence electrons. The second-order valence-electron chi connectivity index (χ2n) is 27.7. The highest BCUT2D eigenvalue weighted by Crippen LogP contribution is 2.24. The largest absolute Gasteiger partial charge is 0.383 e. The molecule has 0 amide bonds. The Hall–Kier alpha value is -3.74. The van der Waals surface area contributed by atoms with Gasteiger partial charge in [-0.05, 0) is 208 Å². The SMILES string of the molecule is CC(C)N(C)C1CCCCC1.CC(C)NC(C)C.CC(C)NC1CCCC1.CC(C)NC1CCCCC1.CC(C)Nc1ccc(Cl)cc1.CC(C)Nc1ccc(F)cc1.CC(C)Nc1ccccc1.CC(C)OC1CCCC1.CC(C)OCc1ccccc1. The molecule has 0 saturated heterocycles. The number of anilines is 3. The van der Waals surface area contributed by atoms with E-state index < -0.39 is 0 Å². The molecule has 11 heteroatoms. The maximum atomic E-state index is 12.4. The molecule has 0 bridgehead atoms. The zero-order valence-electron chi connectivity index (χ0n) is 60.9. The molecule has 8 rings (SSSR count). The Kier molecular flexibility index (Phi) is 51.5. The van der Waals surface area contributed by atoms with Crippen molar-refractivity contribution < 1.29 is 13.9 Å². The lowest BCUT2D eigenvalue weighted by atomic mass is 9.94. The highest BCUT2D eigenvalue weighted by Gasteiger charge is 2.20. The van der Waals surface area contributed by atoms with Crippen LogP contribution in [0.5, 0.6) is 0 Å². The summed E-state index contributed by atoms with van der Waals surface area (Å²) in [5.74, 6) is -0.195. The van der Waals surface area contributed by atoms with Gasteiger partial charge >= 0.3 is 0 Å². The fourth-order valence-electron chi connectivity index (χ4n) is 10.8. The van der Waals surface area contributed by atoms with Crippen LogP contribution in [0.15, 0.2) is 109 Å². The van der Waals surface area contributed by atoms with E-state index in [4.69, 9.17) is 21.1 Å². The standard InChI is InChI=1S/C10H21N.C10H14O.C9H12ClN.C9H12FN.C9H19N.C9H13N.C8H17N.C8H16O.C6H15N/c1-9(2)11(3)10-7-5-4-6-8-10;1-9(2)11-8-10-6-4-3-5-7-10;2*1-7(2)11-9-5-3-8(10)4-6-9;2*1-8(2)10-9-6-4-3-5-7-9;2*1-7(2)9-8-5-3-4-6-8;1-5(2)7-6(3)4/h9-10H,4-8H2,1-3H3;3-7,9H,8H2,1-2H3;2*3-7,11H,1-2H3;8-10H,3-7H2,1-2H3;3-8,10H,1-2H3;7-9H,3-6H2,1-2H3;7-8H,3-6H2,1-2H3;5-7H,1-4H3. The fourth-order valence-corrected chi connectivity index (χ4v) is 10.9. The predicted octanol–water partition coefficient (Wildman–Crippen LogP) is 21.6. The first-order valence-corrected chi connectivity index (χ1v) is 35.7. The van der Waals surface area contributed by atoms with Gasteiger partial charge in [0.1, 0.15) is 5.82 Å². The maximum Gasteiger partial charge on any atom is 0.123 e. The van der Waals surface area contributed by atoms with Crippen LogP contribution < -0.4 is 31.9 Å². The second-order valence-corrected chi connectivity index (χ2v) is 28.1. The number of para-hydroxylation sites is 1. The molecule has 0 unspecified atom stereocenters. The summed E-state index contributed by atoms with van der Waals surface area (Å²) in [5, 5.41) is 20.9. The Morgan fingerprint density at radius 3 is 1.12 bits per heavy atom. The number of hydrogen-bond donors (Lipinski definition) is 6. The van der Waals surface area contributed by atoms with E-state index in [1.807, 2.05) is 88.4 Å². The maximum absolute atomic E-state index is 12.4. The third-order valence-electron chi connectivity index (χ3n) is 14.8. The molecule has 6 N–H and O–H groups in total. The van der Waals surface area contributed by atoms with Crippen molar-refractivity contribution in [3.8, 4) is 0 Å². The van der Waals surface area contributed by atoms with Crippen molar-refractivity contribution in [3.63, 3.8) is 0 Å². The molecule has 4 aliphatic rings. The van der Waals surface area contributed by atoms with Crippen LogP contribution in [0.25, 0.3) is 0 Å². The molecular formula is C78H139ClFN7O2. The average Bonchev–Trinajstić information content (AvgIpc) is 4.45. The van der Waals surface area contributed by atoms with Crippen LogP contribution in [0.1, 0.15) is 260 Å². The summed E-state index contributed by atoms with van der Waals surface area (Å²) in [6, 6.07) is 41.7. The number of rotatable bonds is 19. The van der Waals surface area contributed by atoms with Crippen LogP contribution in [0.4, 0.5) is 21.5 Å². The molecule has 0 atom stereocenters. The molecule has 4 aliphatic carbocycles. The molecule has 9 nitrogen and oxygen atoms in total. The Labute approximate surface area is 554 Å². The number of nitrogens with zero attached hydrogens (tertiary/aromatic N) is 1. The van der Waals surface area contributed by atoms with Crippen molar-refractivity contribution in [2.45, 2.75) is 345 Å². The second kappa shape index (κ2) is 53.7. The van der Waals surface area contributed by atoms with E-state index in [1.165, 1.54) is 139 Å². The van der Waals surface area contributed by atoms with Gasteiger partial charge in [-0.2, -0.15) is 0 Å². The average molecular weight is 1260 g/mol. The van der Waals surface area contributed by atoms with Crippen LogP contribution in [0, 0.1) is 5.82 Å². The first kappa shape index (κ1) is 85.3. The van der Waals surface area contributed by atoms with Crippen molar-refractivity contribution >= 4 is 28.7 Å². The smallest absolute Gasteiger partial charge is 0.123 e. The molecule has 0 radical (unpaired) electrons. The molecule has 0 heterocycles. The van der Waals surface area contributed by atoms with Gasteiger partial charge in [0.25, 0.3) is 0 Å². The van der Waals surface area contributed by atoms with Gasteiger partial charge in [-0.25, -0.2) is 4.39 Å². The molecule has 0 aliphatic heterocycles. The van der Waals surface area contributed by atoms with E-state index >= 15 is 0 Å². The highest BCUT2D eigenvalue weighted by molar-refractivity contribution is 6.30. The van der Waals surface area contributed by atoms with Crippen molar-refractivity contribution in [1.82, 2.24) is 20.9 Å². The summed E-state index contributed by atoms with van der Waals surface area (Å²) in [7, 11) is 2.26. The van der Waals surface area contributed by atoms with E-state index in [0.29, 0.717) is 60.6 Å². The number of ether oxygens (including phenoxy) is 2. The Morgan fingerprint density at radius 2 is 0.775 bits per heavy atom. The van der Waals surface area contributed by atoms with Gasteiger partial charge in [0.15, 0.2) is 0 Å². The van der Waals surface area contributed by atoms with E-state index in [1.54, 1.807) is 12.1 Å². The van der Waals surface area contributed by atoms with Crippen LogP contribution >= 0.6 is 11.6 Å². The van der Waals surface area contributed by atoms with Gasteiger partial charge in [-0.3, -0.25) is 0 Å². The monoisotopic (exact) mass is 1260 g/mol. The third kappa shape index (κ3) is 53.5. The van der Waals surface area contributed by atoms with Crippen molar-refractivity contribution in [2.75, 3.05) is 23.0 Å². The minimum Gasteiger partial charge on any atom is -0.383 e. The fraction of sp³-hybridized carbons (Fsp3) is 0.692. The molecule has 0 spiro atoms. The van der Waals surface area contributed by atoms with Gasteiger partial charge < -0.3 is 46.3 Å². The first-order valence-electron chi connectivity index (χ1n) is 35.3. The minimum absolute atomic E-state index is 0.195. The molecular weight excluding hydrogens is 1120 g/mol. The number of benzene rings is 4. The minimum atomic E-state index is -0.195. The number of hydrogen-bond acceptors (Lipinski definition) is 9. The summed E-state index contributed by atoms with van der Waals surface area (Å²) in [6.07, 6.45) is 26.7. The summed E-state index contributed by atoms with van der Waals surface area (Å²) in [4.78, 5) is 2.53. The van der Waals surface area contributed by atoms with Crippen molar-refractivity contribution in [2.24, 2.45) is 0 Å². The summed E-state index contributed by atoms with van der Waals surface area (Å²) in [6.45, 7) is 43.7. The van der Waals surface area contributed by atoms with Crippen LogP contribution in [0.2, 0.25) is 5.02 Å². The normalized spacial score (nSPS) is 15.3. The molecule has 4 aromatic rings. The lowest BCUT2D eigenvalue weighted by Gasteiger charge is -2.33. The van der Waals surface area contributed by atoms with E-state index in [9.17, 15) is 4.39 Å². The molecule has 0 aromatic heterocycles. The highest BCUT2D eigenvalue weighted by atomic mass is 35.5. The van der Waals surface area contributed by atoms with Gasteiger partial charge in [0, 0.05) is 88.5 Å². The van der Waals surface area contributed by atoms with Gasteiger partial charge in [0.05, 0.1) is 24.9 Å². The lowest BCUT2D eigenvalue weighted by Crippen LogP contribution is -2.38. The topological polar surface area (TPSA) is 93.9 Å². The van der Waals surface area contributed by atoms with Gasteiger partial charge in [-0.15, -0.1) is 0 Å². The number of nitrogens with one attached hydrogen (secondary N) is 6. The predicted molar refractivity (Wildman–Crippen MR) is 394 cm³/mol. The summed E-state index contributed by atoms with van der Waals surface area (Å²) >= 11 is 5.72. The molecule has 4 aromatic carbocycles. The molecule has 89 heavy (non-hydrogen) atoms. The van der Waals surface area contributed by atoms with E-state index in [2.05, 4.69) is 179 Å². The Balaban J connectivity index is 0.000000982. The Bertz CT molecular complexity index is 2040. The van der Waals surface area contributed by atoms with Crippen LogP contribution in [0.3, 0.4) is 0 Å². The zero-order chi connectivity index (χ0) is 66.9. The third-order valence-corrected chi connectivity index (χ3v) is 15.0. The Morgan fingerprint density at radius 1 is 0.416 bits per heavy atom. The van der Waals surface area contributed by atoms with E-state index in [0.717, 1.165) is 47.2 Å². The zero-order valence-corrected chi connectivity index (χ0v) is 61.7. The van der Waals surface area contributed by atoms with Gasteiger partial charge in [0.2, 0.25) is 0 Å².